The van der Waals surface area contributed by atoms with E-state index in [4.69, 9.17) is 0 Å². The van der Waals surface area contributed by atoms with E-state index in [9.17, 15) is 19.5 Å². The topological polar surface area (TPSA) is 81.2 Å². The predicted molar refractivity (Wildman–Crippen MR) is 160 cm³/mol. The Morgan fingerprint density at radius 2 is 1.54 bits per heavy atom. The van der Waals surface area contributed by atoms with Gasteiger partial charge >= 0.3 is 0 Å². The van der Waals surface area contributed by atoms with Gasteiger partial charge in [0.25, 0.3) is 0 Å². The summed E-state index contributed by atoms with van der Waals surface area (Å²) >= 11 is 1.58. The van der Waals surface area contributed by atoms with Gasteiger partial charge in [0.2, 0.25) is 17.7 Å². The van der Waals surface area contributed by atoms with Gasteiger partial charge < -0.3 is 19.8 Å². The number of rotatable bonds is 7. The van der Waals surface area contributed by atoms with Crippen LogP contribution in [0.1, 0.15) is 37.4 Å². The molecule has 7 nitrogen and oxygen atoms in total. The lowest BCUT2D eigenvalue weighted by molar-refractivity contribution is -0.147. The summed E-state index contributed by atoms with van der Waals surface area (Å²) in [5.74, 6) is -1.77. The number of amides is 3. The third-order valence-corrected chi connectivity index (χ3v) is 10.9. The molecule has 3 amide bonds. The molecule has 0 bridgehead atoms. The lowest BCUT2D eigenvalue weighted by Gasteiger charge is -2.40. The van der Waals surface area contributed by atoms with E-state index < -0.39 is 33.4 Å². The van der Waals surface area contributed by atoms with E-state index in [-0.39, 0.29) is 24.3 Å². The fourth-order valence-corrected chi connectivity index (χ4v) is 9.48. The number of hydrogen-bond acceptors (Lipinski definition) is 5. The first-order chi connectivity index (χ1) is 19.8. The summed E-state index contributed by atoms with van der Waals surface area (Å²) in [5.41, 5.74) is 1.77. The van der Waals surface area contributed by atoms with Gasteiger partial charge in [-0.2, -0.15) is 0 Å². The molecule has 1 N–H and O–H groups in total. The van der Waals surface area contributed by atoms with Crippen molar-refractivity contribution < 1.29 is 19.5 Å². The molecule has 1 unspecified atom stereocenters. The van der Waals surface area contributed by atoms with Crippen LogP contribution >= 0.6 is 11.8 Å². The molecule has 4 aliphatic rings. The highest BCUT2D eigenvalue weighted by atomic mass is 32.2. The third kappa shape index (κ3) is 4.43. The van der Waals surface area contributed by atoms with Crippen molar-refractivity contribution in [2.24, 2.45) is 11.8 Å². The van der Waals surface area contributed by atoms with Crippen molar-refractivity contribution in [1.82, 2.24) is 14.7 Å². The number of nitrogens with zero attached hydrogens (tertiary/aromatic N) is 3. The van der Waals surface area contributed by atoms with Crippen LogP contribution in [0.5, 0.6) is 0 Å². The van der Waals surface area contributed by atoms with Crippen molar-refractivity contribution >= 4 is 29.5 Å². The first kappa shape index (κ1) is 27.8. The van der Waals surface area contributed by atoms with Gasteiger partial charge in [0, 0.05) is 30.9 Å². The lowest BCUT2D eigenvalue weighted by Crippen LogP contribution is -2.54. The molecule has 2 aromatic carbocycles. The van der Waals surface area contributed by atoms with Crippen molar-refractivity contribution in [2.75, 3.05) is 26.2 Å². The molecule has 4 heterocycles. The first-order valence-corrected chi connectivity index (χ1v) is 15.3. The van der Waals surface area contributed by atoms with Crippen LogP contribution in [-0.2, 0) is 20.9 Å². The SMILES string of the molecule is CCCN1CC=C[C@@]2(C)S[C@]34C=CCN(Cc5ccccc5)C(=O)C3N([C@H](CO)c3ccccc3)C(=O)[C@@H]4[C@H]2C1=O. The van der Waals surface area contributed by atoms with Gasteiger partial charge in [0.1, 0.15) is 6.04 Å². The number of fused-ring (bicyclic) bond motifs is 2. The maximum absolute atomic E-state index is 14.8. The molecule has 4 aliphatic heterocycles. The van der Waals surface area contributed by atoms with Crippen LogP contribution in [0.25, 0.3) is 0 Å². The smallest absolute Gasteiger partial charge is 0.247 e. The third-order valence-electron chi connectivity index (χ3n) is 9.06. The summed E-state index contributed by atoms with van der Waals surface area (Å²) in [5, 5.41) is 10.7. The number of likely N-dealkylation sites (tertiary alicyclic amines) is 1. The molecule has 0 radical (unpaired) electrons. The van der Waals surface area contributed by atoms with Crippen LogP contribution in [0.4, 0.5) is 0 Å². The number of aliphatic hydroxyl groups is 1. The molecule has 2 fully saturated rings. The zero-order valence-corrected chi connectivity index (χ0v) is 24.4. The summed E-state index contributed by atoms with van der Waals surface area (Å²) in [6, 6.07) is 17.7. The lowest BCUT2D eigenvalue weighted by atomic mass is 9.74. The quantitative estimate of drug-likeness (QED) is 0.512. The number of hydrogen-bond donors (Lipinski definition) is 1. The van der Waals surface area contributed by atoms with Crippen molar-refractivity contribution in [3.05, 3.63) is 96.1 Å². The maximum Gasteiger partial charge on any atom is 0.247 e. The Bertz CT molecular complexity index is 1380. The van der Waals surface area contributed by atoms with Crippen LogP contribution in [0.15, 0.2) is 85.0 Å². The van der Waals surface area contributed by atoms with Gasteiger partial charge in [-0.05, 0) is 24.5 Å². The standard InChI is InChI=1S/C33H37N3O4S/c1-3-18-34-19-10-16-32(2)26(29(34)38)27-30(39)36(25(22-37)24-14-8-5-9-15-24)28-31(40)35(20-11-17-33(27,28)41-32)21-23-12-6-4-7-13-23/h4-17,25-28,37H,3,18-22H2,1-2H3/t25-,26+,27+,28?,32-,33+/m1/s1. The Kier molecular flexibility index (Phi) is 7.32. The molecule has 41 heavy (non-hydrogen) atoms. The van der Waals surface area contributed by atoms with E-state index in [1.54, 1.807) is 21.6 Å². The molecule has 0 aliphatic carbocycles. The molecule has 2 aromatic rings. The molecule has 2 saturated heterocycles. The van der Waals surface area contributed by atoms with Crippen LogP contribution in [-0.4, -0.2) is 79.3 Å². The summed E-state index contributed by atoms with van der Waals surface area (Å²) in [4.78, 5) is 48.9. The van der Waals surface area contributed by atoms with Crippen LogP contribution < -0.4 is 0 Å². The highest BCUT2D eigenvalue weighted by Crippen LogP contribution is 2.66. The summed E-state index contributed by atoms with van der Waals surface area (Å²) in [6.07, 6.45) is 8.99. The van der Waals surface area contributed by atoms with Crippen molar-refractivity contribution in [2.45, 2.75) is 48.4 Å². The van der Waals surface area contributed by atoms with Gasteiger partial charge in [0.15, 0.2) is 0 Å². The minimum atomic E-state index is -0.948. The van der Waals surface area contributed by atoms with E-state index in [0.717, 1.165) is 17.5 Å². The van der Waals surface area contributed by atoms with Crippen LogP contribution in [0.2, 0.25) is 0 Å². The largest absolute Gasteiger partial charge is 0.394 e. The number of carbonyl (C=O) groups excluding carboxylic acids is 3. The minimum Gasteiger partial charge on any atom is -0.394 e. The van der Waals surface area contributed by atoms with Crippen molar-refractivity contribution in [1.29, 1.82) is 0 Å². The molecule has 0 saturated carbocycles. The monoisotopic (exact) mass is 571 g/mol. The second-order valence-corrected chi connectivity index (χ2v) is 13.4. The summed E-state index contributed by atoms with van der Waals surface area (Å²) in [6.45, 7) is 5.71. The van der Waals surface area contributed by atoms with E-state index in [2.05, 4.69) is 6.08 Å². The van der Waals surface area contributed by atoms with Gasteiger partial charge in [0.05, 0.1) is 29.2 Å². The zero-order chi connectivity index (χ0) is 28.8. The van der Waals surface area contributed by atoms with Crippen LogP contribution in [0, 0.1) is 11.8 Å². The average Bonchev–Trinajstić information content (AvgIpc) is 3.26. The van der Waals surface area contributed by atoms with E-state index in [1.807, 2.05) is 97.6 Å². The van der Waals surface area contributed by atoms with Crippen LogP contribution in [0.3, 0.4) is 0 Å². The Morgan fingerprint density at radius 1 is 0.878 bits per heavy atom. The van der Waals surface area contributed by atoms with E-state index >= 15 is 0 Å². The summed E-state index contributed by atoms with van der Waals surface area (Å²) < 4.78 is -1.60. The first-order valence-electron chi connectivity index (χ1n) is 14.5. The van der Waals surface area contributed by atoms with E-state index in [0.29, 0.717) is 26.2 Å². The number of thioether (sulfide) groups is 1. The molecule has 1 spiro atoms. The molecular weight excluding hydrogens is 534 g/mol. The average molecular weight is 572 g/mol. The van der Waals surface area contributed by atoms with E-state index in [1.165, 1.54) is 0 Å². The second-order valence-electron chi connectivity index (χ2n) is 11.6. The zero-order valence-electron chi connectivity index (χ0n) is 23.6. The number of benzene rings is 2. The predicted octanol–water partition coefficient (Wildman–Crippen LogP) is 3.81. The van der Waals surface area contributed by atoms with Crippen molar-refractivity contribution in [3.63, 3.8) is 0 Å². The van der Waals surface area contributed by atoms with Gasteiger partial charge in [-0.1, -0.05) is 91.9 Å². The van der Waals surface area contributed by atoms with Gasteiger partial charge in [-0.15, -0.1) is 11.8 Å². The minimum absolute atomic E-state index is 0.0332. The van der Waals surface area contributed by atoms with Gasteiger partial charge in [-0.3, -0.25) is 14.4 Å². The highest BCUT2D eigenvalue weighted by molar-refractivity contribution is 8.02. The number of aliphatic hydroxyl groups excluding tert-OH is 1. The Balaban J connectivity index is 1.49. The summed E-state index contributed by atoms with van der Waals surface area (Å²) in [7, 11) is 0. The molecule has 8 heteroatoms. The molecule has 0 aromatic heterocycles. The maximum atomic E-state index is 14.8. The molecule has 6 rings (SSSR count). The highest BCUT2D eigenvalue weighted by Gasteiger charge is 2.74. The molecular formula is C33H37N3O4S. The Morgan fingerprint density at radius 3 is 2.22 bits per heavy atom. The Hall–Kier alpha value is -3.36. The van der Waals surface area contributed by atoms with Crippen molar-refractivity contribution in [3.8, 4) is 0 Å². The second kappa shape index (κ2) is 10.8. The fraction of sp³-hybridized carbons (Fsp3) is 0.424. The fourth-order valence-electron chi connectivity index (χ4n) is 7.34. The van der Waals surface area contributed by atoms with Gasteiger partial charge in [-0.25, -0.2) is 0 Å². The normalized spacial score (nSPS) is 31.5. The molecule has 6 atom stereocenters. The number of carbonyl (C=O) groups is 3. The Labute approximate surface area is 245 Å². The molecule has 214 valence electrons.